The molecular formula is C13H16FN2O4P. The molecule has 0 spiro atoms. The van der Waals surface area contributed by atoms with E-state index in [1.165, 1.54) is 12.1 Å². The van der Waals surface area contributed by atoms with Gasteiger partial charge in [0.25, 0.3) is 5.56 Å². The number of hydrogen-bond donors (Lipinski definition) is 2. The van der Waals surface area contributed by atoms with Crippen molar-refractivity contribution in [2.45, 2.75) is 13.8 Å². The van der Waals surface area contributed by atoms with Crippen molar-refractivity contribution in [1.29, 1.82) is 0 Å². The predicted octanol–water partition coefficient (Wildman–Crippen LogP) is 2.14. The van der Waals surface area contributed by atoms with Gasteiger partial charge in [0.05, 0.1) is 24.4 Å². The Hall–Kier alpha value is -1.69. The Balaban J connectivity index is 2.69. The summed E-state index contributed by atoms with van der Waals surface area (Å²) in [6.45, 7) is 3.54. The molecule has 3 N–H and O–H groups in total. The molecule has 0 saturated heterocycles. The van der Waals surface area contributed by atoms with Crippen LogP contribution in [-0.2, 0) is 13.6 Å². The normalized spacial score (nSPS) is 12.0. The van der Waals surface area contributed by atoms with Gasteiger partial charge in [0, 0.05) is 11.5 Å². The molecule has 0 amide bonds. The Bertz CT molecular complexity index is 765. The van der Waals surface area contributed by atoms with Gasteiger partial charge in [0.1, 0.15) is 11.1 Å². The molecule has 0 bridgehead atoms. The zero-order valence-electron chi connectivity index (χ0n) is 11.7. The minimum absolute atomic E-state index is 0.0665. The van der Waals surface area contributed by atoms with Crippen LogP contribution in [0.3, 0.4) is 0 Å². The van der Waals surface area contributed by atoms with Crippen LogP contribution >= 0.6 is 7.60 Å². The lowest BCUT2D eigenvalue weighted by Gasteiger charge is -2.16. The van der Waals surface area contributed by atoms with Crippen molar-refractivity contribution in [3.63, 3.8) is 0 Å². The van der Waals surface area contributed by atoms with E-state index in [4.69, 9.17) is 14.8 Å². The van der Waals surface area contributed by atoms with E-state index in [1.54, 1.807) is 13.8 Å². The van der Waals surface area contributed by atoms with Gasteiger partial charge in [-0.05, 0) is 26.0 Å². The summed E-state index contributed by atoms with van der Waals surface area (Å²) < 4.78 is 36.4. The van der Waals surface area contributed by atoms with Crippen LogP contribution in [0, 0.1) is 5.82 Å². The van der Waals surface area contributed by atoms with Crippen molar-refractivity contribution in [2.75, 3.05) is 18.9 Å². The predicted molar refractivity (Wildman–Crippen MR) is 79.4 cm³/mol. The van der Waals surface area contributed by atoms with Gasteiger partial charge in [-0.3, -0.25) is 9.36 Å². The molecule has 2 rings (SSSR count). The number of pyridine rings is 1. The van der Waals surface area contributed by atoms with Gasteiger partial charge in [-0.2, -0.15) is 0 Å². The van der Waals surface area contributed by atoms with Crippen molar-refractivity contribution >= 4 is 29.5 Å². The average Bonchev–Trinajstić information content (AvgIpc) is 2.40. The van der Waals surface area contributed by atoms with Crippen molar-refractivity contribution in [2.24, 2.45) is 0 Å². The SMILES string of the molecule is CCOP(=O)(OCC)c1cc2cc(N)c(F)cc2[nH]c1=O. The maximum atomic E-state index is 13.4. The maximum absolute atomic E-state index is 13.4. The Morgan fingerprint density at radius 1 is 1.24 bits per heavy atom. The Labute approximate surface area is 120 Å². The molecule has 0 saturated carbocycles. The third-order valence-corrected chi connectivity index (χ3v) is 4.95. The van der Waals surface area contributed by atoms with Crippen LogP contribution < -0.4 is 16.6 Å². The molecule has 21 heavy (non-hydrogen) atoms. The highest BCUT2D eigenvalue weighted by molar-refractivity contribution is 7.62. The van der Waals surface area contributed by atoms with Crippen LogP contribution in [0.1, 0.15) is 13.8 Å². The molecule has 114 valence electrons. The summed E-state index contributed by atoms with van der Waals surface area (Å²) in [5.74, 6) is -0.635. The fraction of sp³-hybridized carbons (Fsp3) is 0.308. The van der Waals surface area contributed by atoms with E-state index >= 15 is 0 Å². The van der Waals surface area contributed by atoms with Gasteiger partial charge < -0.3 is 19.8 Å². The highest BCUT2D eigenvalue weighted by atomic mass is 31.2. The van der Waals surface area contributed by atoms with E-state index in [2.05, 4.69) is 4.98 Å². The number of halogens is 1. The van der Waals surface area contributed by atoms with Crippen LogP contribution in [0.4, 0.5) is 10.1 Å². The van der Waals surface area contributed by atoms with Crippen LogP contribution in [0.25, 0.3) is 10.9 Å². The van der Waals surface area contributed by atoms with E-state index < -0.39 is 19.0 Å². The monoisotopic (exact) mass is 314 g/mol. The lowest BCUT2D eigenvalue weighted by atomic mass is 10.2. The first kappa shape index (κ1) is 15.7. The van der Waals surface area contributed by atoms with Crippen molar-refractivity contribution in [3.8, 4) is 0 Å². The minimum atomic E-state index is -3.72. The quantitative estimate of drug-likeness (QED) is 0.651. The van der Waals surface area contributed by atoms with Crippen molar-refractivity contribution in [3.05, 3.63) is 34.4 Å². The number of fused-ring (bicyclic) bond motifs is 1. The van der Waals surface area contributed by atoms with Crippen LogP contribution in [0.2, 0.25) is 0 Å². The lowest BCUT2D eigenvalue weighted by Crippen LogP contribution is -2.29. The smallest absolute Gasteiger partial charge is 0.366 e. The van der Waals surface area contributed by atoms with Gasteiger partial charge in [-0.15, -0.1) is 0 Å². The van der Waals surface area contributed by atoms with Gasteiger partial charge in [-0.1, -0.05) is 0 Å². The van der Waals surface area contributed by atoms with Crippen molar-refractivity contribution in [1.82, 2.24) is 4.98 Å². The lowest BCUT2D eigenvalue weighted by molar-refractivity contribution is 0.229. The van der Waals surface area contributed by atoms with Crippen LogP contribution in [0.5, 0.6) is 0 Å². The number of aromatic amines is 1. The number of anilines is 1. The number of benzene rings is 1. The Kier molecular flexibility index (Phi) is 4.46. The summed E-state index contributed by atoms with van der Waals surface area (Å²) in [5.41, 5.74) is 5.05. The summed E-state index contributed by atoms with van der Waals surface area (Å²) in [6, 6.07) is 3.82. The summed E-state index contributed by atoms with van der Waals surface area (Å²) in [6.07, 6.45) is 0. The molecular weight excluding hydrogens is 298 g/mol. The number of aromatic nitrogens is 1. The standard InChI is InChI=1S/C13H16FN2O4P/c1-3-19-21(18,20-4-2)12-6-8-5-10(15)9(14)7-11(8)16-13(12)17/h5-7H,3-4,15H2,1-2H3,(H,16,17). The molecule has 1 heterocycles. The highest BCUT2D eigenvalue weighted by Gasteiger charge is 2.30. The van der Waals surface area contributed by atoms with Crippen molar-refractivity contribution < 1.29 is 18.0 Å². The molecule has 0 aliphatic carbocycles. The topological polar surface area (TPSA) is 94.4 Å². The molecule has 0 aliphatic rings. The van der Waals surface area contributed by atoms with Gasteiger partial charge in [0.15, 0.2) is 0 Å². The molecule has 0 fully saturated rings. The fourth-order valence-corrected chi connectivity index (χ4v) is 3.59. The summed E-state index contributed by atoms with van der Waals surface area (Å²) in [4.78, 5) is 14.5. The Morgan fingerprint density at radius 3 is 2.43 bits per heavy atom. The number of rotatable bonds is 5. The third-order valence-electron chi connectivity index (χ3n) is 2.84. The average molecular weight is 314 g/mol. The molecule has 1 aromatic carbocycles. The van der Waals surface area contributed by atoms with Crippen LogP contribution in [-0.4, -0.2) is 18.2 Å². The number of H-pyrrole nitrogens is 1. The first-order chi connectivity index (χ1) is 9.91. The largest absolute Gasteiger partial charge is 0.396 e. The number of nitrogen functional groups attached to an aromatic ring is 1. The molecule has 0 atom stereocenters. The van der Waals surface area contributed by atoms with E-state index in [9.17, 15) is 13.8 Å². The second kappa shape index (κ2) is 5.97. The Morgan fingerprint density at radius 2 is 1.86 bits per heavy atom. The number of nitrogens with one attached hydrogen (secondary N) is 1. The first-order valence-electron chi connectivity index (χ1n) is 6.43. The molecule has 0 aliphatic heterocycles. The molecule has 6 nitrogen and oxygen atoms in total. The maximum Gasteiger partial charge on any atom is 0.366 e. The molecule has 1 aromatic heterocycles. The van der Waals surface area contributed by atoms with Crippen LogP contribution in [0.15, 0.2) is 23.0 Å². The molecule has 8 heteroatoms. The molecule has 2 aromatic rings. The minimum Gasteiger partial charge on any atom is -0.396 e. The van der Waals surface area contributed by atoms with E-state index in [-0.39, 0.29) is 29.7 Å². The van der Waals surface area contributed by atoms with E-state index in [1.807, 2.05) is 0 Å². The third kappa shape index (κ3) is 3.00. The second-order valence-electron chi connectivity index (χ2n) is 4.28. The zero-order chi connectivity index (χ0) is 15.6. The highest BCUT2D eigenvalue weighted by Crippen LogP contribution is 2.45. The first-order valence-corrected chi connectivity index (χ1v) is 7.97. The van der Waals surface area contributed by atoms with Gasteiger partial charge >= 0.3 is 7.60 Å². The van der Waals surface area contributed by atoms with E-state index in [0.717, 1.165) is 6.07 Å². The number of nitrogens with two attached hydrogens (primary N) is 1. The van der Waals surface area contributed by atoms with Gasteiger partial charge in [0.2, 0.25) is 0 Å². The molecule has 0 radical (unpaired) electrons. The second-order valence-corrected chi connectivity index (χ2v) is 6.27. The number of hydrogen-bond acceptors (Lipinski definition) is 5. The summed E-state index contributed by atoms with van der Waals surface area (Å²) in [7, 11) is -3.72. The zero-order valence-corrected chi connectivity index (χ0v) is 12.6. The summed E-state index contributed by atoms with van der Waals surface area (Å²) in [5, 5.41) is 0.327. The fourth-order valence-electron chi connectivity index (χ4n) is 1.95. The molecule has 0 unspecified atom stereocenters. The summed E-state index contributed by atoms with van der Waals surface area (Å²) >= 11 is 0. The van der Waals surface area contributed by atoms with E-state index in [0.29, 0.717) is 5.39 Å². The van der Waals surface area contributed by atoms with Gasteiger partial charge in [-0.25, -0.2) is 4.39 Å².